The van der Waals surface area contributed by atoms with Crippen LogP contribution in [0.2, 0.25) is 0 Å². The van der Waals surface area contributed by atoms with E-state index in [1.165, 1.54) is 23.0 Å². The van der Waals surface area contributed by atoms with E-state index in [4.69, 9.17) is 0 Å². The Balaban J connectivity index is 1.72. The number of amidine groups is 1. The van der Waals surface area contributed by atoms with E-state index >= 15 is 0 Å². The summed E-state index contributed by atoms with van der Waals surface area (Å²) in [5.41, 5.74) is 0.380. The van der Waals surface area contributed by atoms with Crippen LogP contribution in [0.1, 0.15) is 13.8 Å². The molecule has 0 saturated carbocycles. The summed E-state index contributed by atoms with van der Waals surface area (Å²) in [6.45, 7) is 6.63. The average molecular weight is 276 g/mol. The van der Waals surface area contributed by atoms with E-state index in [0.717, 1.165) is 23.5 Å². The molecule has 1 unspecified atom stereocenters. The highest BCUT2D eigenvalue weighted by Gasteiger charge is 2.23. The van der Waals surface area contributed by atoms with Crippen molar-refractivity contribution in [3.8, 4) is 0 Å². The first-order valence-corrected chi connectivity index (χ1v) is 8.95. The summed E-state index contributed by atoms with van der Waals surface area (Å²) in [6.07, 6.45) is 0. The number of thioether (sulfide) groups is 3. The van der Waals surface area contributed by atoms with Gasteiger partial charge in [0.1, 0.15) is 0 Å². The van der Waals surface area contributed by atoms with Gasteiger partial charge < -0.3 is 5.32 Å². The van der Waals surface area contributed by atoms with Crippen LogP contribution in [0.25, 0.3) is 0 Å². The topological polar surface area (TPSA) is 24.4 Å². The third-order valence-corrected chi connectivity index (χ3v) is 6.93. The minimum atomic E-state index is 0.380. The summed E-state index contributed by atoms with van der Waals surface area (Å²) in [4.78, 5) is 4.62. The Morgan fingerprint density at radius 3 is 2.94 bits per heavy atom. The van der Waals surface area contributed by atoms with Crippen molar-refractivity contribution in [3.05, 3.63) is 0 Å². The van der Waals surface area contributed by atoms with Gasteiger partial charge in [-0.2, -0.15) is 23.5 Å². The van der Waals surface area contributed by atoms with Gasteiger partial charge in [-0.1, -0.05) is 25.6 Å². The first kappa shape index (κ1) is 13.0. The molecule has 0 bridgehead atoms. The maximum atomic E-state index is 4.62. The molecule has 0 aromatic heterocycles. The van der Waals surface area contributed by atoms with Crippen LogP contribution >= 0.6 is 35.3 Å². The third kappa shape index (κ3) is 4.08. The van der Waals surface area contributed by atoms with Gasteiger partial charge in [-0.25, -0.2) is 0 Å². The molecule has 2 aliphatic rings. The van der Waals surface area contributed by atoms with Gasteiger partial charge in [-0.15, -0.1) is 0 Å². The molecule has 1 saturated heterocycles. The average Bonchev–Trinajstić information content (AvgIpc) is 2.29. The maximum Gasteiger partial charge on any atom is 0.156 e. The summed E-state index contributed by atoms with van der Waals surface area (Å²) >= 11 is 6.07. The minimum absolute atomic E-state index is 0.380. The molecule has 0 amide bonds. The number of hydrogen-bond acceptors (Lipinski definition) is 5. The first-order valence-electron chi connectivity index (χ1n) is 5.76. The van der Waals surface area contributed by atoms with Crippen molar-refractivity contribution in [2.45, 2.75) is 19.1 Å². The van der Waals surface area contributed by atoms with Crippen molar-refractivity contribution in [1.29, 1.82) is 0 Å². The lowest BCUT2D eigenvalue weighted by Crippen LogP contribution is -2.36. The van der Waals surface area contributed by atoms with Crippen molar-refractivity contribution in [2.75, 3.05) is 36.1 Å². The summed E-state index contributed by atoms with van der Waals surface area (Å²) in [6, 6.07) is 0. The Morgan fingerprint density at radius 2 is 2.31 bits per heavy atom. The Labute approximate surface area is 111 Å². The standard InChI is InChI=1S/C11H20N2S3/c1-11(2)7-13-10(16-8-11)12-5-9-6-14-3-4-15-9/h9H,3-8H2,1-2H3,(H,12,13). The van der Waals surface area contributed by atoms with E-state index in [-0.39, 0.29) is 0 Å². The van der Waals surface area contributed by atoms with E-state index in [1.807, 2.05) is 11.8 Å². The van der Waals surface area contributed by atoms with Gasteiger partial charge in [0, 0.05) is 41.4 Å². The molecule has 2 nitrogen and oxygen atoms in total. The van der Waals surface area contributed by atoms with Crippen LogP contribution in [0, 0.1) is 5.41 Å². The molecule has 1 atom stereocenters. The number of rotatable bonds is 2. The van der Waals surface area contributed by atoms with Crippen molar-refractivity contribution in [3.63, 3.8) is 0 Å². The van der Waals surface area contributed by atoms with Gasteiger partial charge in [-0.05, 0) is 5.41 Å². The largest absolute Gasteiger partial charge is 0.364 e. The highest BCUT2D eigenvalue weighted by Crippen LogP contribution is 2.27. The van der Waals surface area contributed by atoms with Gasteiger partial charge in [-0.3, -0.25) is 4.99 Å². The van der Waals surface area contributed by atoms with Gasteiger partial charge in [0.15, 0.2) is 5.17 Å². The van der Waals surface area contributed by atoms with Crippen LogP contribution in [-0.4, -0.2) is 46.5 Å². The van der Waals surface area contributed by atoms with Crippen molar-refractivity contribution < 1.29 is 0 Å². The zero-order chi connectivity index (χ0) is 11.4. The van der Waals surface area contributed by atoms with E-state index < -0.39 is 0 Å². The summed E-state index contributed by atoms with van der Waals surface area (Å²) in [7, 11) is 0. The zero-order valence-corrected chi connectivity index (χ0v) is 12.4. The van der Waals surface area contributed by atoms with Crippen LogP contribution in [0.4, 0.5) is 0 Å². The number of hydrogen-bond donors (Lipinski definition) is 1. The molecule has 16 heavy (non-hydrogen) atoms. The quantitative estimate of drug-likeness (QED) is 0.838. The molecule has 1 N–H and O–H groups in total. The Hall–Kier alpha value is 0.520. The second-order valence-electron chi connectivity index (χ2n) is 5.02. The lowest BCUT2D eigenvalue weighted by molar-refractivity contribution is 0.437. The van der Waals surface area contributed by atoms with Crippen LogP contribution in [-0.2, 0) is 0 Å². The van der Waals surface area contributed by atoms with Crippen molar-refractivity contribution >= 4 is 40.5 Å². The van der Waals surface area contributed by atoms with Crippen molar-refractivity contribution in [2.24, 2.45) is 10.4 Å². The minimum Gasteiger partial charge on any atom is -0.364 e. The summed E-state index contributed by atoms with van der Waals surface area (Å²) < 4.78 is 0. The molecule has 0 spiro atoms. The second kappa shape index (κ2) is 5.91. The Kier molecular flexibility index (Phi) is 4.79. The van der Waals surface area contributed by atoms with E-state index in [0.29, 0.717) is 5.41 Å². The van der Waals surface area contributed by atoms with Gasteiger partial charge >= 0.3 is 0 Å². The fourth-order valence-corrected chi connectivity index (χ4v) is 5.18. The van der Waals surface area contributed by atoms with E-state index in [2.05, 4.69) is 47.7 Å². The predicted octanol–water partition coefficient (Wildman–Crippen LogP) is 2.55. The first-order chi connectivity index (χ1) is 7.66. The number of aliphatic imine (C=N–C) groups is 1. The smallest absolute Gasteiger partial charge is 0.156 e. The molecule has 92 valence electrons. The predicted molar refractivity (Wildman–Crippen MR) is 80.1 cm³/mol. The van der Waals surface area contributed by atoms with Crippen LogP contribution in [0.15, 0.2) is 4.99 Å². The Bertz CT molecular complexity index is 260. The fourth-order valence-electron chi connectivity index (χ4n) is 1.60. The number of nitrogens with one attached hydrogen (secondary N) is 1. The third-order valence-electron chi connectivity index (χ3n) is 2.62. The normalized spacial score (nSPS) is 29.6. The summed E-state index contributed by atoms with van der Waals surface area (Å²) in [5, 5.41) is 5.45. The molecular weight excluding hydrogens is 256 g/mol. The van der Waals surface area contributed by atoms with Crippen LogP contribution in [0.5, 0.6) is 0 Å². The summed E-state index contributed by atoms with van der Waals surface area (Å²) in [5.74, 6) is 5.11. The molecule has 1 fully saturated rings. The monoisotopic (exact) mass is 276 g/mol. The van der Waals surface area contributed by atoms with Gasteiger partial charge in [0.05, 0.1) is 0 Å². The second-order valence-corrected chi connectivity index (χ2v) is 8.55. The SMILES string of the molecule is CC1(C)CN=C(NCC2CSCCS2)SC1. The van der Waals surface area contributed by atoms with E-state index in [1.54, 1.807) is 0 Å². The van der Waals surface area contributed by atoms with Gasteiger partial charge in [0.2, 0.25) is 0 Å². The number of nitrogens with zero attached hydrogens (tertiary/aromatic N) is 1. The van der Waals surface area contributed by atoms with Crippen LogP contribution < -0.4 is 5.32 Å². The van der Waals surface area contributed by atoms with Crippen molar-refractivity contribution in [1.82, 2.24) is 5.32 Å². The highest BCUT2D eigenvalue weighted by molar-refractivity contribution is 8.13. The van der Waals surface area contributed by atoms with Gasteiger partial charge in [0.25, 0.3) is 0 Å². The highest BCUT2D eigenvalue weighted by atomic mass is 32.2. The molecular formula is C11H20N2S3. The van der Waals surface area contributed by atoms with E-state index in [9.17, 15) is 0 Å². The molecule has 5 heteroatoms. The fraction of sp³-hybridized carbons (Fsp3) is 0.909. The molecule has 2 aliphatic heterocycles. The molecule has 0 aliphatic carbocycles. The molecule has 2 rings (SSSR count). The molecule has 2 heterocycles. The zero-order valence-electron chi connectivity index (χ0n) is 9.99. The Morgan fingerprint density at radius 1 is 1.44 bits per heavy atom. The molecule has 0 radical (unpaired) electrons. The van der Waals surface area contributed by atoms with Crippen LogP contribution in [0.3, 0.4) is 0 Å². The molecule has 0 aromatic rings. The lowest BCUT2D eigenvalue weighted by atomic mass is 9.97. The maximum absolute atomic E-state index is 4.62. The lowest BCUT2D eigenvalue weighted by Gasteiger charge is -2.28. The molecule has 0 aromatic carbocycles.